The van der Waals surface area contributed by atoms with E-state index in [2.05, 4.69) is 4.98 Å². The summed E-state index contributed by atoms with van der Waals surface area (Å²) in [6, 6.07) is 20.4. The largest absolute Gasteiger partial charge is 0.490 e. The molecule has 37 heavy (non-hydrogen) atoms. The van der Waals surface area contributed by atoms with Gasteiger partial charge < -0.3 is 9.84 Å². The topological polar surface area (TPSA) is 96.8 Å². The van der Waals surface area contributed by atoms with Crippen molar-refractivity contribution < 1.29 is 23.1 Å². The number of pyridine rings is 1. The molecule has 0 atom stereocenters. The maximum atomic E-state index is 13.9. The van der Waals surface area contributed by atoms with Crippen LogP contribution in [0.15, 0.2) is 83.9 Å². The van der Waals surface area contributed by atoms with E-state index in [-0.39, 0.29) is 23.1 Å². The Hall–Kier alpha value is -3.91. The number of benzene rings is 3. The quantitative estimate of drug-likeness (QED) is 0.310. The van der Waals surface area contributed by atoms with E-state index in [9.17, 15) is 18.3 Å². The van der Waals surface area contributed by atoms with Gasteiger partial charge in [0.15, 0.2) is 0 Å². The maximum absolute atomic E-state index is 13.9. The monoisotopic (exact) mass is 516 g/mol. The first-order valence-corrected chi connectivity index (χ1v) is 13.7. The van der Waals surface area contributed by atoms with E-state index in [0.717, 1.165) is 40.5 Å². The number of anilines is 1. The first-order valence-electron chi connectivity index (χ1n) is 12.3. The molecule has 0 amide bonds. The number of hydrogen-bond donors (Lipinski definition) is 1. The smallest absolute Gasteiger partial charge is 0.335 e. The standard InChI is InChI=1S/C29H28N2O5S/c1-20-27-9-5-2-6-23(27)18-30-28(20)31(37(34,35)26-16-12-22(13-17-26)29(32)33)19-21-10-14-25(15-11-21)36-24-7-3-4-8-24/h2,5-6,9-18,24H,3-4,7-8,19H2,1H3,(H,32,33). The van der Waals surface area contributed by atoms with Crippen LogP contribution in [-0.2, 0) is 16.6 Å². The molecule has 1 aliphatic rings. The van der Waals surface area contributed by atoms with Gasteiger partial charge in [0.05, 0.1) is 23.1 Å². The highest BCUT2D eigenvalue weighted by Crippen LogP contribution is 2.32. The number of hydrogen-bond acceptors (Lipinski definition) is 5. The SMILES string of the molecule is Cc1c(N(Cc2ccc(OC3CCCC3)cc2)S(=O)(=O)c2ccc(C(=O)O)cc2)ncc2ccccc12. The summed E-state index contributed by atoms with van der Waals surface area (Å²) in [6.07, 6.45) is 6.39. The van der Waals surface area contributed by atoms with Crippen LogP contribution in [-0.4, -0.2) is 30.6 Å². The zero-order chi connectivity index (χ0) is 26.0. The van der Waals surface area contributed by atoms with Crippen molar-refractivity contribution >= 4 is 32.6 Å². The summed E-state index contributed by atoms with van der Waals surface area (Å²) >= 11 is 0. The van der Waals surface area contributed by atoms with E-state index in [1.165, 1.54) is 41.4 Å². The van der Waals surface area contributed by atoms with Gasteiger partial charge in [-0.3, -0.25) is 0 Å². The molecule has 0 saturated heterocycles. The van der Waals surface area contributed by atoms with Crippen molar-refractivity contribution in [2.45, 2.75) is 50.2 Å². The van der Waals surface area contributed by atoms with E-state index in [1.54, 1.807) is 6.20 Å². The Morgan fingerprint density at radius 2 is 1.68 bits per heavy atom. The van der Waals surface area contributed by atoms with E-state index in [1.807, 2.05) is 55.5 Å². The molecule has 1 N–H and O–H groups in total. The Morgan fingerprint density at radius 3 is 2.35 bits per heavy atom. The highest BCUT2D eigenvalue weighted by atomic mass is 32.2. The first kappa shape index (κ1) is 24.8. The van der Waals surface area contributed by atoms with Gasteiger partial charge in [0.25, 0.3) is 10.0 Å². The second-order valence-electron chi connectivity index (χ2n) is 9.30. The molecule has 1 heterocycles. The van der Waals surface area contributed by atoms with Gasteiger partial charge >= 0.3 is 5.97 Å². The summed E-state index contributed by atoms with van der Waals surface area (Å²) in [5.41, 5.74) is 1.53. The Bertz CT molecular complexity index is 1530. The molecule has 5 rings (SSSR count). The van der Waals surface area contributed by atoms with Crippen molar-refractivity contribution in [1.29, 1.82) is 0 Å². The van der Waals surface area contributed by atoms with Gasteiger partial charge in [-0.05, 0) is 80.0 Å². The summed E-state index contributed by atoms with van der Waals surface area (Å²) in [6.45, 7) is 1.91. The normalized spacial score (nSPS) is 14.1. The molecule has 7 nitrogen and oxygen atoms in total. The third-order valence-electron chi connectivity index (χ3n) is 6.81. The minimum Gasteiger partial charge on any atom is -0.490 e. The lowest BCUT2D eigenvalue weighted by Crippen LogP contribution is -2.32. The molecule has 4 aromatic rings. The van der Waals surface area contributed by atoms with E-state index < -0.39 is 16.0 Å². The number of carboxylic acid groups (broad SMARTS) is 1. The van der Waals surface area contributed by atoms with Crippen molar-refractivity contribution in [1.82, 2.24) is 4.98 Å². The summed E-state index contributed by atoms with van der Waals surface area (Å²) in [5.74, 6) is -0.0191. The lowest BCUT2D eigenvalue weighted by Gasteiger charge is -2.26. The van der Waals surface area contributed by atoms with Gasteiger partial charge in [-0.2, -0.15) is 0 Å². The number of ether oxygens (including phenoxy) is 1. The molecule has 0 unspecified atom stereocenters. The molecule has 1 aliphatic carbocycles. The highest BCUT2D eigenvalue weighted by molar-refractivity contribution is 7.92. The molecule has 1 aromatic heterocycles. The van der Waals surface area contributed by atoms with Crippen molar-refractivity contribution in [3.63, 3.8) is 0 Å². The van der Waals surface area contributed by atoms with Gasteiger partial charge in [-0.25, -0.2) is 22.5 Å². The van der Waals surface area contributed by atoms with Gasteiger partial charge in [-0.15, -0.1) is 0 Å². The second-order valence-corrected chi connectivity index (χ2v) is 11.2. The number of aromatic carboxylic acids is 1. The fourth-order valence-corrected chi connectivity index (χ4v) is 6.22. The number of aryl methyl sites for hydroxylation is 1. The molecular weight excluding hydrogens is 488 g/mol. The third kappa shape index (κ3) is 5.15. The molecular formula is C29H28N2O5S. The van der Waals surface area contributed by atoms with E-state index in [0.29, 0.717) is 5.82 Å². The summed E-state index contributed by atoms with van der Waals surface area (Å²) in [4.78, 5) is 15.8. The Morgan fingerprint density at radius 1 is 1.00 bits per heavy atom. The summed E-state index contributed by atoms with van der Waals surface area (Å²) in [5, 5.41) is 11.1. The molecule has 1 fully saturated rings. The number of nitrogens with zero attached hydrogens (tertiary/aromatic N) is 2. The maximum Gasteiger partial charge on any atom is 0.335 e. The van der Waals surface area contributed by atoms with Crippen LogP contribution < -0.4 is 9.04 Å². The van der Waals surface area contributed by atoms with Crippen LogP contribution in [0.1, 0.15) is 47.2 Å². The number of carboxylic acids is 1. The van der Waals surface area contributed by atoms with E-state index in [4.69, 9.17) is 4.74 Å². The van der Waals surface area contributed by atoms with Crippen molar-refractivity contribution in [2.24, 2.45) is 0 Å². The van der Waals surface area contributed by atoms with Crippen LogP contribution in [0, 0.1) is 6.92 Å². The summed E-state index contributed by atoms with van der Waals surface area (Å²) < 4.78 is 35.2. The number of aromatic nitrogens is 1. The Labute approximate surface area is 216 Å². The highest BCUT2D eigenvalue weighted by Gasteiger charge is 2.28. The molecule has 0 aliphatic heterocycles. The fraction of sp³-hybridized carbons (Fsp3) is 0.241. The van der Waals surface area contributed by atoms with Crippen molar-refractivity contribution in [3.05, 3.63) is 95.7 Å². The zero-order valence-corrected chi connectivity index (χ0v) is 21.3. The van der Waals surface area contributed by atoms with Crippen LogP contribution in [0.3, 0.4) is 0 Å². The predicted octanol–water partition coefficient (Wildman–Crippen LogP) is 5.96. The predicted molar refractivity (Wildman–Crippen MR) is 143 cm³/mol. The second kappa shape index (κ2) is 10.2. The van der Waals surface area contributed by atoms with Gasteiger partial charge in [0.2, 0.25) is 0 Å². The number of sulfonamides is 1. The molecule has 190 valence electrons. The van der Waals surface area contributed by atoms with E-state index >= 15 is 0 Å². The minimum atomic E-state index is -4.07. The van der Waals surface area contributed by atoms with Crippen LogP contribution in [0.2, 0.25) is 0 Å². The van der Waals surface area contributed by atoms with Crippen LogP contribution >= 0.6 is 0 Å². The van der Waals surface area contributed by atoms with Gasteiger partial charge in [0, 0.05) is 17.1 Å². The van der Waals surface area contributed by atoms with Crippen LogP contribution in [0.25, 0.3) is 10.8 Å². The van der Waals surface area contributed by atoms with Gasteiger partial charge in [0.1, 0.15) is 11.6 Å². The molecule has 0 radical (unpaired) electrons. The molecule has 8 heteroatoms. The first-order chi connectivity index (χ1) is 17.8. The number of fused-ring (bicyclic) bond motifs is 1. The minimum absolute atomic E-state index is 0.00644. The van der Waals surface area contributed by atoms with Crippen LogP contribution in [0.4, 0.5) is 5.82 Å². The Kier molecular flexibility index (Phi) is 6.84. The fourth-order valence-electron chi connectivity index (χ4n) is 4.76. The van der Waals surface area contributed by atoms with Crippen molar-refractivity contribution in [2.75, 3.05) is 4.31 Å². The zero-order valence-electron chi connectivity index (χ0n) is 20.5. The molecule has 0 spiro atoms. The van der Waals surface area contributed by atoms with Gasteiger partial charge in [-0.1, -0.05) is 36.4 Å². The Balaban J connectivity index is 1.53. The average Bonchev–Trinajstić information content (AvgIpc) is 3.42. The number of carbonyl (C=O) groups is 1. The van der Waals surface area contributed by atoms with Crippen molar-refractivity contribution in [3.8, 4) is 5.75 Å². The third-order valence-corrected chi connectivity index (χ3v) is 8.56. The van der Waals surface area contributed by atoms with Crippen LogP contribution in [0.5, 0.6) is 5.75 Å². The lowest BCUT2D eigenvalue weighted by atomic mass is 10.1. The average molecular weight is 517 g/mol. The number of rotatable bonds is 8. The summed E-state index contributed by atoms with van der Waals surface area (Å²) in [7, 11) is -4.07. The molecule has 3 aromatic carbocycles. The lowest BCUT2D eigenvalue weighted by molar-refractivity contribution is 0.0696. The molecule has 0 bridgehead atoms. The molecule has 1 saturated carbocycles.